The van der Waals surface area contributed by atoms with E-state index in [2.05, 4.69) is 26.3 Å². The number of aromatic nitrogens is 2. The zero-order chi connectivity index (χ0) is 19.1. The predicted octanol–water partition coefficient (Wildman–Crippen LogP) is 4.45. The van der Waals surface area contributed by atoms with Crippen LogP contribution in [-0.2, 0) is 17.3 Å². The van der Waals surface area contributed by atoms with Crippen molar-refractivity contribution in [2.24, 2.45) is 7.05 Å². The summed E-state index contributed by atoms with van der Waals surface area (Å²) < 4.78 is 2.46. The molecule has 0 aliphatic rings. The predicted molar refractivity (Wildman–Crippen MR) is 107 cm³/mol. The molecule has 26 heavy (non-hydrogen) atoms. The first-order chi connectivity index (χ1) is 12.2. The van der Waals surface area contributed by atoms with Crippen molar-refractivity contribution in [3.63, 3.8) is 0 Å². The van der Waals surface area contributed by atoms with Crippen LogP contribution < -0.4 is 5.32 Å². The summed E-state index contributed by atoms with van der Waals surface area (Å²) in [7, 11) is 1.74. The number of hydrogen-bond donors (Lipinski definition) is 1. The molecule has 2 aromatic carbocycles. The van der Waals surface area contributed by atoms with Gasteiger partial charge in [-0.25, -0.2) is 0 Å². The van der Waals surface area contributed by atoms with Crippen LogP contribution in [0.25, 0.3) is 10.8 Å². The normalized spacial score (nSPS) is 11.6. The summed E-state index contributed by atoms with van der Waals surface area (Å²) in [6.07, 6.45) is 0. The van der Waals surface area contributed by atoms with E-state index in [-0.39, 0.29) is 5.41 Å². The molecule has 0 aliphatic heterocycles. The lowest BCUT2D eigenvalue weighted by Crippen LogP contribution is -2.24. The summed E-state index contributed by atoms with van der Waals surface area (Å²) in [5, 5.41) is 8.72. The molecule has 1 heterocycles. The van der Waals surface area contributed by atoms with Gasteiger partial charge in [-0.3, -0.25) is 14.3 Å². The highest BCUT2D eigenvalue weighted by atomic mass is 79.9. The van der Waals surface area contributed by atoms with Gasteiger partial charge in [0.25, 0.3) is 11.7 Å². The third kappa shape index (κ3) is 3.42. The third-order valence-corrected chi connectivity index (χ3v) is 4.90. The third-order valence-electron chi connectivity index (χ3n) is 4.21. The van der Waals surface area contributed by atoms with Crippen molar-refractivity contribution in [1.82, 2.24) is 9.78 Å². The van der Waals surface area contributed by atoms with E-state index in [0.29, 0.717) is 11.4 Å². The van der Waals surface area contributed by atoms with Gasteiger partial charge in [-0.05, 0) is 22.9 Å². The molecule has 0 saturated heterocycles. The zero-order valence-corrected chi connectivity index (χ0v) is 16.7. The van der Waals surface area contributed by atoms with E-state index in [1.807, 2.05) is 45.0 Å². The molecule has 3 rings (SSSR count). The van der Waals surface area contributed by atoms with Crippen LogP contribution in [0.1, 0.15) is 36.8 Å². The molecule has 6 heteroatoms. The topological polar surface area (TPSA) is 64.0 Å². The molecule has 1 amide bonds. The van der Waals surface area contributed by atoms with E-state index in [4.69, 9.17) is 0 Å². The summed E-state index contributed by atoms with van der Waals surface area (Å²) in [6, 6.07) is 12.7. The van der Waals surface area contributed by atoms with E-state index < -0.39 is 11.7 Å². The van der Waals surface area contributed by atoms with Crippen molar-refractivity contribution in [3.8, 4) is 0 Å². The maximum Gasteiger partial charge on any atom is 0.297 e. The van der Waals surface area contributed by atoms with Crippen LogP contribution in [0.5, 0.6) is 0 Å². The Balaban J connectivity index is 1.91. The Labute approximate surface area is 160 Å². The van der Waals surface area contributed by atoms with Crippen molar-refractivity contribution in [1.29, 1.82) is 0 Å². The number of aryl methyl sites for hydroxylation is 1. The van der Waals surface area contributed by atoms with Crippen LogP contribution in [0.2, 0.25) is 0 Å². The second-order valence-corrected chi connectivity index (χ2v) is 8.07. The Morgan fingerprint density at radius 1 is 1.08 bits per heavy atom. The molecule has 3 aromatic rings. The average Bonchev–Trinajstić information content (AvgIpc) is 2.96. The number of Topliss-reactive ketones (excluding diaryl/α,β-unsaturated/α-hetero) is 1. The first kappa shape index (κ1) is 18.3. The minimum Gasteiger partial charge on any atom is -0.304 e. The molecule has 5 nitrogen and oxygen atoms in total. The van der Waals surface area contributed by atoms with Gasteiger partial charge in [-0.2, -0.15) is 5.10 Å². The summed E-state index contributed by atoms with van der Waals surface area (Å²) in [5.41, 5.74) is 1.07. The number of nitrogens with zero attached hydrogens (tertiary/aromatic N) is 2. The number of anilines is 1. The molecular formula is C20H20BrN3O2. The summed E-state index contributed by atoms with van der Waals surface area (Å²) >= 11 is 3.48. The maximum atomic E-state index is 12.7. The Morgan fingerprint density at radius 2 is 1.73 bits per heavy atom. The first-order valence-electron chi connectivity index (χ1n) is 8.26. The molecule has 0 spiro atoms. The number of ketones is 1. The molecule has 1 N–H and O–H groups in total. The van der Waals surface area contributed by atoms with Gasteiger partial charge in [-0.1, -0.05) is 61.0 Å². The van der Waals surface area contributed by atoms with Gasteiger partial charge in [0.1, 0.15) is 5.82 Å². The van der Waals surface area contributed by atoms with Gasteiger partial charge >= 0.3 is 0 Å². The van der Waals surface area contributed by atoms with Crippen LogP contribution >= 0.6 is 15.9 Å². The van der Waals surface area contributed by atoms with Gasteiger partial charge in [0.15, 0.2) is 0 Å². The van der Waals surface area contributed by atoms with Crippen molar-refractivity contribution in [2.75, 3.05) is 5.32 Å². The molecule has 0 radical (unpaired) electrons. The summed E-state index contributed by atoms with van der Waals surface area (Å²) in [6.45, 7) is 6.13. The van der Waals surface area contributed by atoms with Crippen LogP contribution in [0.4, 0.5) is 5.82 Å². The van der Waals surface area contributed by atoms with E-state index in [1.54, 1.807) is 29.9 Å². The number of rotatable bonds is 3. The maximum absolute atomic E-state index is 12.7. The van der Waals surface area contributed by atoms with E-state index in [0.717, 1.165) is 20.9 Å². The summed E-state index contributed by atoms with van der Waals surface area (Å²) in [5.74, 6) is -0.761. The van der Waals surface area contributed by atoms with Crippen LogP contribution in [-0.4, -0.2) is 21.5 Å². The molecular weight excluding hydrogens is 394 g/mol. The lowest BCUT2D eigenvalue weighted by atomic mass is 9.92. The second-order valence-electron chi connectivity index (χ2n) is 7.21. The minimum atomic E-state index is -0.680. The minimum absolute atomic E-state index is 0.146. The molecule has 0 aliphatic carbocycles. The number of carbonyl (C=O) groups is 2. The highest BCUT2D eigenvalue weighted by molar-refractivity contribution is 9.10. The average molecular weight is 414 g/mol. The van der Waals surface area contributed by atoms with Crippen molar-refractivity contribution >= 4 is 44.2 Å². The van der Waals surface area contributed by atoms with E-state index in [9.17, 15) is 9.59 Å². The van der Waals surface area contributed by atoms with Crippen molar-refractivity contribution < 1.29 is 9.59 Å². The quantitative estimate of drug-likeness (QED) is 0.509. The largest absolute Gasteiger partial charge is 0.304 e. The lowest BCUT2D eigenvalue weighted by Gasteiger charge is -2.13. The van der Waals surface area contributed by atoms with E-state index >= 15 is 0 Å². The van der Waals surface area contributed by atoms with E-state index in [1.165, 1.54) is 0 Å². The second kappa shape index (κ2) is 6.68. The fourth-order valence-electron chi connectivity index (χ4n) is 2.71. The van der Waals surface area contributed by atoms with Crippen LogP contribution in [0.15, 0.2) is 46.9 Å². The fraction of sp³-hybridized carbons (Fsp3) is 0.250. The molecule has 1 aromatic heterocycles. The van der Waals surface area contributed by atoms with Gasteiger partial charge in [0, 0.05) is 28.6 Å². The Kier molecular flexibility index (Phi) is 4.71. The fourth-order valence-corrected chi connectivity index (χ4v) is 3.18. The molecule has 134 valence electrons. The van der Waals surface area contributed by atoms with Crippen molar-refractivity contribution in [2.45, 2.75) is 26.2 Å². The van der Waals surface area contributed by atoms with Gasteiger partial charge in [0.2, 0.25) is 0 Å². The smallest absolute Gasteiger partial charge is 0.297 e. The zero-order valence-electron chi connectivity index (χ0n) is 15.1. The van der Waals surface area contributed by atoms with Crippen LogP contribution in [0.3, 0.4) is 0 Å². The number of carbonyl (C=O) groups excluding carboxylic acids is 2. The molecule has 0 bridgehead atoms. The standard InChI is InChI=1S/C20H20BrN3O2/c1-20(2,3)16-11-17(24(4)23-16)22-19(26)18(25)14-9-10-15(21)13-8-6-5-7-12(13)14/h5-11H,1-4H3,(H,22,26). The molecule has 0 unspecified atom stereocenters. The number of hydrogen-bond acceptors (Lipinski definition) is 3. The van der Waals surface area contributed by atoms with Crippen molar-refractivity contribution in [3.05, 3.63) is 58.2 Å². The molecule has 0 atom stereocenters. The van der Waals surface area contributed by atoms with Gasteiger partial charge < -0.3 is 5.32 Å². The highest BCUT2D eigenvalue weighted by Gasteiger charge is 2.23. The Hall–Kier alpha value is -2.47. The van der Waals surface area contributed by atoms with Crippen LogP contribution in [0, 0.1) is 0 Å². The number of nitrogens with one attached hydrogen (secondary N) is 1. The first-order valence-corrected chi connectivity index (χ1v) is 9.05. The lowest BCUT2D eigenvalue weighted by molar-refractivity contribution is -0.112. The highest BCUT2D eigenvalue weighted by Crippen LogP contribution is 2.28. The summed E-state index contributed by atoms with van der Waals surface area (Å²) in [4.78, 5) is 25.3. The number of fused-ring (bicyclic) bond motifs is 1. The number of benzene rings is 2. The molecule has 0 saturated carbocycles. The van der Waals surface area contributed by atoms with Gasteiger partial charge in [0.05, 0.1) is 5.69 Å². The van der Waals surface area contributed by atoms with Gasteiger partial charge in [-0.15, -0.1) is 0 Å². The number of amides is 1. The Morgan fingerprint density at radius 3 is 2.35 bits per heavy atom. The monoisotopic (exact) mass is 413 g/mol. The Bertz CT molecular complexity index is 1020. The number of halogens is 1. The SMILES string of the molecule is Cn1nc(C(C)(C)C)cc1NC(=O)C(=O)c1ccc(Br)c2ccccc12. The molecule has 0 fully saturated rings.